The van der Waals surface area contributed by atoms with E-state index in [2.05, 4.69) is 41.5 Å². The normalized spacial score (nSPS) is 62.6. The fourth-order valence-electron chi connectivity index (χ4n) is 12.2. The topological polar surface area (TPSA) is 36.9 Å². The molecular weight excluding hydrogens is 436 g/mol. The SMILES string of the molecule is CO[C@@H]1C[C@H]2[C@@H]3CC[C@H]([C@H](C)[C@H]4C[C@@]5(C)OC(C)(O4)OC5(C)C)[C@@]3(C)CC[C@@H]2[C@@]2(C)CC[C@@H]3C[C@]312. The lowest BCUT2D eigenvalue weighted by atomic mass is 9.45. The van der Waals surface area contributed by atoms with Gasteiger partial charge in [0.1, 0.15) is 5.60 Å². The van der Waals surface area contributed by atoms with Crippen molar-refractivity contribution in [2.75, 3.05) is 7.11 Å². The lowest BCUT2D eigenvalue weighted by molar-refractivity contribution is -0.385. The molecule has 2 aliphatic heterocycles. The monoisotopic (exact) mass is 486 g/mol. The summed E-state index contributed by atoms with van der Waals surface area (Å²) in [6.45, 7) is 16.4. The van der Waals surface area contributed by atoms with Crippen molar-refractivity contribution in [1.82, 2.24) is 0 Å². The van der Waals surface area contributed by atoms with Crippen LogP contribution in [0.25, 0.3) is 0 Å². The quantitative estimate of drug-likeness (QED) is 0.432. The van der Waals surface area contributed by atoms with Crippen LogP contribution in [-0.2, 0) is 18.9 Å². The highest BCUT2D eigenvalue weighted by Gasteiger charge is 2.77. The van der Waals surface area contributed by atoms with Gasteiger partial charge in [-0.15, -0.1) is 0 Å². The van der Waals surface area contributed by atoms with E-state index < -0.39 is 5.97 Å². The summed E-state index contributed by atoms with van der Waals surface area (Å²) in [5, 5.41) is 0. The second-order valence-corrected chi connectivity index (χ2v) is 15.5. The Kier molecular flexibility index (Phi) is 4.70. The third-order valence-corrected chi connectivity index (χ3v) is 14.2. The van der Waals surface area contributed by atoms with Crippen LogP contribution in [0, 0.1) is 51.8 Å². The molecular formula is C31H50O4. The largest absolute Gasteiger partial charge is 0.381 e. The van der Waals surface area contributed by atoms with Gasteiger partial charge in [0.25, 0.3) is 5.97 Å². The molecule has 2 saturated heterocycles. The van der Waals surface area contributed by atoms with Crippen molar-refractivity contribution in [1.29, 1.82) is 0 Å². The molecule has 0 radical (unpaired) electrons. The molecule has 5 saturated carbocycles. The molecule has 0 N–H and O–H groups in total. The van der Waals surface area contributed by atoms with Gasteiger partial charge in [-0.3, -0.25) is 0 Å². The molecule has 7 rings (SSSR count). The fourth-order valence-corrected chi connectivity index (χ4v) is 12.2. The molecule has 1 spiro atoms. The number of rotatable bonds is 3. The molecule has 0 aromatic heterocycles. The van der Waals surface area contributed by atoms with Gasteiger partial charge in [-0.1, -0.05) is 20.8 Å². The molecule has 1 unspecified atom stereocenters. The Morgan fingerprint density at radius 3 is 2.31 bits per heavy atom. The highest BCUT2D eigenvalue weighted by Crippen LogP contribution is 2.82. The molecule has 2 heterocycles. The maximum Gasteiger partial charge on any atom is 0.281 e. The maximum atomic E-state index is 6.63. The van der Waals surface area contributed by atoms with Crippen LogP contribution >= 0.6 is 0 Å². The van der Waals surface area contributed by atoms with Gasteiger partial charge in [0, 0.05) is 25.9 Å². The van der Waals surface area contributed by atoms with Crippen molar-refractivity contribution in [2.24, 2.45) is 51.8 Å². The molecule has 5 aliphatic carbocycles. The second-order valence-electron chi connectivity index (χ2n) is 15.5. The second kappa shape index (κ2) is 6.88. The zero-order valence-corrected chi connectivity index (χ0v) is 23.6. The smallest absolute Gasteiger partial charge is 0.281 e. The number of ether oxygens (including phenoxy) is 4. The van der Waals surface area contributed by atoms with Crippen LogP contribution in [0.5, 0.6) is 0 Å². The Labute approximate surface area is 213 Å². The van der Waals surface area contributed by atoms with Gasteiger partial charge < -0.3 is 18.9 Å². The number of hydrogen-bond acceptors (Lipinski definition) is 4. The first-order valence-electron chi connectivity index (χ1n) is 14.9. The van der Waals surface area contributed by atoms with Crippen LogP contribution in [-0.4, -0.2) is 36.5 Å². The van der Waals surface area contributed by atoms with E-state index >= 15 is 0 Å². The summed E-state index contributed by atoms with van der Waals surface area (Å²) in [5.41, 5.74) is 0.828. The summed E-state index contributed by atoms with van der Waals surface area (Å²) < 4.78 is 25.7. The van der Waals surface area contributed by atoms with Gasteiger partial charge in [0.2, 0.25) is 0 Å². The van der Waals surface area contributed by atoms with Crippen molar-refractivity contribution >= 4 is 0 Å². The zero-order chi connectivity index (χ0) is 24.8. The van der Waals surface area contributed by atoms with E-state index in [4.69, 9.17) is 18.9 Å². The third-order valence-electron chi connectivity index (χ3n) is 14.2. The van der Waals surface area contributed by atoms with Gasteiger partial charge >= 0.3 is 0 Å². The molecule has 198 valence electrons. The first kappa shape index (κ1) is 23.9. The molecule has 7 fully saturated rings. The lowest BCUT2D eigenvalue weighted by Crippen LogP contribution is -2.57. The first-order chi connectivity index (χ1) is 16.3. The highest BCUT2D eigenvalue weighted by molar-refractivity contribution is 5.26. The predicted octanol–water partition coefficient (Wildman–Crippen LogP) is 6.95. The van der Waals surface area contributed by atoms with E-state index in [0.29, 0.717) is 34.2 Å². The maximum absolute atomic E-state index is 6.63. The van der Waals surface area contributed by atoms with Crippen molar-refractivity contribution in [2.45, 2.75) is 136 Å². The van der Waals surface area contributed by atoms with Crippen LogP contribution in [0.3, 0.4) is 0 Å². The molecule has 2 bridgehead atoms. The summed E-state index contributed by atoms with van der Waals surface area (Å²) in [4.78, 5) is 0. The Hall–Kier alpha value is -0.160. The van der Waals surface area contributed by atoms with Gasteiger partial charge in [-0.05, 0) is 118 Å². The van der Waals surface area contributed by atoms with E-state index in [0.717, 1.165) is 30.1 Å². The zero-order valence-electron chi connectivity index (χ0n) is 23.6. The van der Waals surface area contributed by atoms with Gasteiger partial charge in [0.15, 0.2) is 0 Å². The molecule has 7 aliphatic rings. The highest BCUT2D eigenvalue weighted by atomic mass is 16.9. The summed E-state index contributed by atoms with van der Waals surface area (Å²) in [6, 6.07) is 0. The summed E-state index contributed by atoms with van der Waals surface area (Å²) in [6.07, 6.45) is 12.9. The fraction of sp³-hybridized carbons (Fsp3) is 1.00. The molecule has 4 nitrogen and oxygen atoms in total. The standard InChI is InChI=1S/C31H50O4/c1-18(24-17-29(6)26(2,3)34-30(7,33-24)35-29)21-9-10-22-20-15-25(32-8)31-16-19(31)11-14-28(31,5)23(20)12-13-27(21,22)4/h18-25H,9-17H2,1-8H3/t18-,19+,20-,21+,22-,23-,24+,25+,27+,28+,29+,30?,31-/m0/s1. The van der Waals surface area contributed by atoms with Crippen LogP contribution in [0.1, 0.15) is 106 Å². The van der Waals surface area contributed by atoms with E-state index in [-0.39, 0.29) is 17.3 Å². The molecule has 0 aromatic carbocycles. The molecule has 4 heteroatoms. The van der Waals surface area contributed by atoms with Gasteiger partial charge in [-0.2, -0.15) is 0 Å². The minimum Gasteiger partial charge on any atom is -0.381 e. The van der Waals surface area contributed by atoms with Crippen molar-refractivity contribution in [3.8, 4) is 0 Å². The first-order valence-corrected chi connectivity index (χ1v) is 14.9. The van der Waals surface area contributed by atoms with Crippen LogP contribution in [0.4, 0.5) is 0 Å². The molecule has 13 atom stereocenters. The summed E-state index contributed by atoms with van der Waals surface area (Å²) in [5.74, 6) is 3.88. The Morgan fingerprint density at radius 2 is 1.63 bits per heavy atom. The van der Waals surface area contributed by atoms with Gasteiger partial charge in [-0.25, -0.2) is 0 Å². The van der Waals surface area contributed by atoms with E-state index in [1.807, 2.05) is 14.0 Å². The van der Waals surface area contributed by atoms with Crippen molar-refractivity contribution in [3.63, 3.8) is 0 Å². The van der Waals surface area contributed by atoms with Crippen LogP contribution < -0.4 is 0 Å². The lowest BCUT2D eigenvalue weighted by Gasteiger charge is -2.61. The molecule has 0 amide bonds. The number of methoxy groups -OCH3 is 1. The van der Waals surface area contributed by atoms with Gasteiger partial charge in [0.05, 0.1) is 17.8 Å². The van der Waals surface area contributed by atoms with E-state index in [1.165, 1.54) is 51.4 Å². The minimum atomic E-state index is -0.909. The van der Waals surface area contributed by atoms with Crippen molar-refractivity contribution in [3.05, 3.63) is 0 Å². The van der Waals surface area contributed by atoms with E-state index in [1.54, 1.807) is 0 Å². The minimum absolute atomic E-state index is 0.194. The Bertz CT molecular complexity index is 914. The predicted molar refractivity (Wildman–Crippen MR) is 136 cm³/mol. The van der Waals surface area contributed by atoms with E-state index in [9.17, 15) is 0 Å². The average molecular weight is 487 g/mol. The summed E-state index contributed by atoms with van der Waals surface area (Å²) >= 11 is 0. The number of fused-ring (bicyclic) bond motifs is 6. The molecule has 0 aromatic rings. The van der Waals surface area contributed by atoms with Crippen LogP contribution in [0.2, 0.25) is 0 Å². The van der Waals surface area contributed by atoms with Crippen LogP contribution in [0.15, 0.2) is 0 Å². The average Bonchev–Trinajstić information content (AvgIpc) is 3.23. The Balaban J connectivity index is 1.15. The Morgan fingerprint density at radius 1 is 0.857 bits per heavy atom. The molecule has 35 heavy (non-hydrogen) atoms. The number of hydrogen-bond donors (Lipinski definition) is 0. The summed E-state index contributed by atoms with van der Waals surface area (Å²) in [7, 11) is 2.01. The third kappa shape index (κ3) is 2.74. The van der Waals surface area contributed by atoms with Crippen molar-refractivity contribution < 1.29 is 18.9 Å².